The Balaban J connectivity index is 1.99. The second-order valence-electron chi connectivity index (χ2n) is 5.01. The Bertz CT molecular complexity index is 349. The number of hydrogen-bond donors (Lipinski definition) is 0. The molecule has 2 heterocycles. The second-order valence-corrected chi connectivity index (χ2v) is 5.01. The van der Waals surface area contributed by atoms with Gasteiger partial charge in [-0.25, -0.2) is 4.79 Å². The smallest absolute Gasteiger partial charge is 0.402 e. The van der Waals surface area contributed by atoms with E-state index < -0.39 is 11.9 Å². The monoisotopic (exact) mass is 251 g/mol. The summed E-state index contributed by atoms with van der Waals surface area (Å²) >= 11 is 0. The molecular weight excluding hydrogens is 230 g/mol. The van der Waals surface area contributed by atoms with E-state index in [2.05, 4.69) is 0 Å². The molecule has 1 saturated heterocycles. The van der Waals surface area contributed by atoms with Crippen LogP contribution in [0.1, 0.15) is 57.8 Å². The molecule has 18 heavy (non-hydrogen) atoms. The van der Waals surface area contributed by atoms with Gasteiger partial charge in [-0.2, -0.15) is 0 Å². The molecular formula is C14H21NO3. The molecule has 0 radical (unpaired) electrons. The van der Waals surface area contributed by atoms with Gasteiger partial charge in [0.1, 0.15) is 0 Å². The fourth-order valence-electron chi connectivity index (χ4n) is 2.47. The average molecular weight is 251 g/mol. The largest absolute Gasteiger partial charge is 0.404 e. The fourth-order valence-corrected chi connectivity index (χ4v) is 2.47. The molecule has 2 rings (SSSR count). The van der Waals surface area contributed by atoms with Crippen molar-refractivity contribution in [2.75, 3.05) is 6.54 Å². The summed E-state index contributed by atoms with van der Waals surface area (Å²) in [4.78, 5) is 24.4. The SMILES string of the molecule is O=C1O/C2=C\CCCCCCCCCCN2C1=O. The molecule has 4 heteroatoms. The van der Waals surface area contributed by atoms with Crippen LogP contribution in [0.5, 0.6) is 0 Å². The minimum absolute atomic E-state index is 0.462. The maximum absolute atomic E-state index is 11.6. The molecule has 0 unspecified atom stereocenters. The van der Waals surface area contributed by atoms with Crippen molar-refractivity contribution in [2.45, 2.75) is 57.8 Å². The molecule has 0 bridgehead atoms. The first-order chi connectivity index (χ1) is 8.79. The van der Waals surface area contributed by atoms with Crippen LogP contribution in [0.15, 0.2) is 12.0 Å². The summed E-state index contributed by atoms with van der Waals surface area (Å²) in [5, 5.41) is 0. The highest BCUT2D eigenvalue weighted by Gasteiger charge is 2.35. The van der Waals surface area contributed by atoms with E-state index in [0.29, 0.717) is 12.4 Å². The zero-order chi connectivity index (χ0) is 12.8. The van der Waals surface area contributed by atoms with E-state index in [1.54, 1.807) is 0 Å². The third-order valence-corrected chi connectivity index (χ3v) is 3.54. The number of esters is 1. The summed E-state index contributed by atoms with van der Waals surface area (Å²) in [6.07, 6.45) is 12.2. The maximum Gasteiger partial charge on any atom is 0.404 e. The van der Waals surface area contributed by atoms with Crippen molar-refractivity contribution in [3.05, 3.63) is 12.0 Å². The van der Waals surface area contributed by atoms with Gasteiger partial charge >= 0.3 is 11.9 Å². The van der Waals surface area contributed by atoms with Crippen LogP contribution in [0.25, 0.3) is 0 Å². The van der Waals surface area contributed by atoms with E-state index in [1.807, 2.05) is 6.08 Å². The Kier molecular flexibility index (Phi) is 4.79. The highest BCUT2D eigenvalue weighted by Crippen LogP contribution is 2.20. The molecule has 1 fully saturated rings. The van der Waals surface area contributed by atoms with Crippen molar-refractivity contribution in [1.29, 1.82) is 0 Å². The molecule has 0 spiro atoms. The molecule has 100 valence electrons. The molecule has 2 aliphatic rings. The lowest BCUT2D eigenvalue weighted by Gasteiger charge is -2.13. The number of rotatable bonds is 0. The molecule has 0 aromatic carbocycles. The molecule has 0 N–H and O–H groups in total. The summed E-state index contributed by atoms with van der Waals surface area (Å²) < 4.78 is 5.01. The summed E-state index contributed by atoms with van der Waals surface area (Å²) in [6.45, 7) is 0.608. The van der Waals surface area contributed by atoms with Gasteiger partial charge in [0.05, 0.1) is 0 Å². The average Bonchev–Trinajstić information content (AvgIpc) is 2.63. The lowest BCUT2D eigenvalue weighted by molar-refractivity contribution is -0.147. The molecule has 1 amide bonds. The van der Waals surface area contributed by atoms with Gasteiger partial charge in [-0.15, -0.1) is 0 Å². The van der Waals surface area contributed by atoms with Crippen molar-refractivity contribution in [1.82, 2.24) is 4.90 Å². The number of ether oxygens (including phenoxy) is 1. The van der Waals surface area contributed by atoms with Gasteiger partial charge in [0.2, 0.25) is 5.88 Å². The summed E-state index contributed by atoms with van der Waals surface area (Å²) in [5.74, 6) is -0.770. The summed E-state index contributed by atoms with van der Waals surface area (Å²) in [7, 11) is 0. The topological polar surface area (TPSA) is 46.6 Å². The summed E-state index contributed by atoms with van der Waals surface area (Å²) in [5.41, 5.74) is 0. The standard InChI is InChI=1S/C14H21NO3/c16-13-14(17)18-12-10-8-6-4-2-1-3-5-7-9-11-15(12)13/h10H,1-9,11H2/b12-10-. The van der Waals surface area contributed by atoms with Crippen molar-refractivity contribution >= 4 is 11.9 Å². The lowest BCUT2D eigenvalue weighted by atomic mass is 10.1. The third-order valence-electron chi connectivity index (χ3n) is 3.54. The van der Waals surface area contributed by atoms with Gasteiger partial charge in [0.15, 0.2) is 0 Å². The van der Waals surface area contributed by atoms with Crippen LogP contribution in [0.4, 0.5) is 0 Å². The number of allylic oxidation sites excluding steroid dienone is 1. The molecule has 0 aromatic rings. The van der Waals surface area contributed by atoms with Gasteiger partial charge < -0.3 is 4.74 Å². The number of nitrogens with zero attached hydrogens (tertiary/aromatic N) is 1. The number of fused-ring (bicyclic) bond motifs is 1. The normalized spacial score (nSPS) is 26.2. The van der Waals surface area contributed by atoms with Crippen LogP contribution in [0.2, 0.25) is 0 Å². The van der Waals surface area contributed by atoms with Crippen LogP contribution in [0.3, 0.4) is 0 Å². The van der Waals surface area contributed by atoms with Gasteiger partial charge in [0, 0.05) is 6.54 Å². The Morgan fingerprint density at radius 1 is 0.889 bits per heavy atom. The van der Waals surface area contributed by atoms with Crippen LogP contribution in [-0.2, 0) is 14.3 Å². The van der Waals surface area contributed by atoms with E-state index >= 15 is 0 Å². The maximum atomic E-state index is 11.6. The first-order valence-corrected chi connectivity index (χ1v) is 7.03. The Labute approximate surface area is 108 Å². The van der Waals surface area contributed by atoms with Crippen molar-refractivity contribution in [3.8, 4) is 0 Å². The van der Waals surface area contributed by atoms with E-state index in [1.165, 1.54) is 37.0 Å². The van der Waals surface area contributed by atoms with Crippen LogP contribution < -0.4 is 0 Å². The third kappa shape index (κ3) is 3.34. The number of amides is 1. The Morgan fingerprint density at radius 2 is 1.50 bits per heavy atom. The van der Waals surface area contributed by atoms with Crippen LogP contribution in [0, 0.1) is 0 Å². The first kappa shape index (κ1) is 13.1. The minimum Gasteiger partial charge on any atom is -0.402 e. The quantitative estimate of drug-likeness (QED) is 0.491. The lowest BCUT2D eigenvalue weighted by Crippen LogP contribution is -2.27. The van der Waals surface area contributed by atoms with Gasteiger partial charge in [-0.05, 0) is 25.3 Å². The zero-order valence-corrected chi connectivity index (χ0v) is 10.8. The van der Waals surface area contributed by atoms with Gasteiger partial charge in [-0.1, -0.05) is 38.5 Å². The second kappa shape index (κ2) is 6.57. The zero-order valence-electron chi connectivity index (χ0n) is 10.8. The van der Waals surface area contributed by atoms with Gasteiger partial charge in [-0.3, -0.25) is 9.69 Å². The van der Waals surface area contributed by atoms with E-state index in [-0.39, 0.29) is 0 Å². The van der Waals surface area contributed by atoms with Crippen LogP contribution >= 0.6 is 0 Å². The first-order valence-electron chi connectivity index (χ1n) is 7.03. The van der Waals surface area contributed by atoms with Crippen molar-refractivity contribution in [3.63, 3.8) is 0 Å². The number of carbonyl (C=O) groups excluding carboxylic acids is 2. The predicted molar refractivity (Wildman–Crippen MR) is 67.4 cm³/mol. The van der Waals surface area contributed by atoms with Crippen molar-refractivity contribution < 1.29 is 14.3 Å². The molecule has 0 aliphatic carbocycles. The molecule has 0 saturated carbocycles. The van der Waals surface area contributed by atoms with Crippen molar-refractivity contribution in [2.24, 2.45) is 0 Å². The summed E-state index contributed by atoms with van der Waals surface area (Å²) in [6, 6.07) is 0. The Hall–Kier alpha value is -1.32. The van der Waals surface area contributed by atoms with E-state index in [9.17, 15) is 9.59 Å². The minimum atomic E-state index is -0.728. The molecule has 4 nitrogen and oxygen atoms in total. The molecule has 2 aliphatic heterocycles. The van der Waals surface area contributed by atoms with Gasteiger partial charge in [0.25, 0.3) is 0 Å². The predicted octanol–water partition coefficient (Wildman–Crippen LogP) is 2.74. The number of carbonyl (C=O) groups is 2. The molecule has 0 atom stereocenters. The number of hydrogen-bond acceptors (Lipinski definition) is 3. The Morgan fingerprint density at radius 3 is 2.22 bits per heavy atom. The highest BCUT2D eigenvalue weighted by molar-refractivity contribution is 6.34. The van der Waals surface area contributed by atoms with E-state index in [4.69, 9.17) is 4.74 Å². The van der Waals surface area contributed by atoms with E-state index in [0.717, 1.165) is 25.7 Å². The highest BCUT2D eigenvalue weighted by atomic mass is 16.6. The van der Waals surface area contributed by atoms with Crippen LogP contribution in [-0.4, -0.2) is 23.3 Å². The molecule has 0 aromatic heterocycles. The fraction of sp³-hybridized carbons (Fsp3) is 0.714.